The second-order valence-electron chi connectivity index (χ2n) is 9.27. The Morgan fingerprint density at radius 3 is 2.19 bits per heavy atom. The zero-order valence-electron chi connectivity index (χ0n) is 18.2. The van der Waals surface area contributed by atoms with Crippen LogP contribution in [0.5, 0.6) is 0 Å². The van der Waals surface area contributed by atoms with E-state index in [1.54, 1.807) is 0 Å². The van der Waals surface area contributed by atoms with Gasteiger partial charge in [-0.3, -0.25) is 4.79 Å². The first-order valence-corrected chi connectivity index (χ1v) is 11.0. The lowest BCUT2D eigenvalue weighted by molar-refractivity contribution is -0.347. The van der Waals surface area contributed by atoms with E-state index in [9.17, 15) is 40.5 Å². The predicted octanol–water partition coefficient (Wildman–Crippen LogP) is -3.49. The van der Waals surface area contributed by atoms with Gasteiger partial charge in [0, 0.05) is 13.0 Å². The summed E-state index contributed by atoms with van der Waals surface area (Å²) in [5.74, 6) is 0.250. The summed E-state index contributed by atoms with van der Waals surface area (Å²) in [6, 6.07) is 0. The Morgan fingerprint density at radius 1 is 0.938 bits per heavy atom. The number of nitrogens with zero attached hydrogens (tertiary/aromatic N) is 1. The third kappa shape index (κ3) is 5.09. The van der Waals surface area contributed by atoms with Crippen LogP contribution in [-0.4, -0.2) is 128 Å². The molecule has 12 heteroatoms. The second kappa shape index (κ2) is 10.6. The molecule has 0 aromatic rings. The van der Waals surface area contributed by atoms with Gasteiger partial charge >= 0.3 is 0 Å². The zero-order chi connectivity index (χ0) is 23.7. The summed E-state index contributed by atoms with van der Waals surface area (Å²) in [7, 11) is 0. The minimum atomic E-state index is -1.73. The maximum absolute atomic E-state index is 12.5. The summed E-state index contributed by atoms with van der Waals surface area (Å²) in [6.07, 6.45) is -13.7. The molecule has 32 heavy (non-hydrogen) atoms. The number of hydrogen-bond donors (Lipinski definition) is 7. The van der Waals surface area contributed by atoms with E-state index in [2.05, 4.69) is 0 Å². The molecule has 0 bridgehead atoms. The van der Waals surface area contributed by atoms with Crippen LogP contribution in [0.4, 0.5) is 0 Å². The van der Waals surface area contributed by atoms with E-state index in [4.69, 9.17) is 14.2 Å². The summed E-state index contributed by atoms with van der Waals surface area (Å²) in [6.45, 7) is 3.14. The number of likely N-dealkylation sites (tertiary alicyclic amines) is 1. The average Bonchev–Trinajstić information content (AvgIpc) is 3.10. The van der Waals surface area contributed by atoms with Crippen molar-refractivity contribution in [1.82, 2.24) is 4.90 Å². The molecule has 3 saturated heterocycles. The monoisotopic (exact) mass is 465 g/mol. The van der Waals surface area contributed by atoms with Crippen LogP contribution in [0.2, 0.25) is 0 Å². The van der Waals surface area contributed by atoms with E-state index in [0.717, 1.165) is 6.42 Å². The molecule has 0 spiro atoms. The van der Waals surface area contributed by atoms with Crippen molar-refractivity contribution in [1.29, 1.82) is 0 Å². The third-order valence-corrected chi connectivity index (χ3v) is 6.33. The topological polar surface area (TPSA) is 190 Å². The number of aliphatic hydroxyl groups is 7. The molecular formula is C20H35NO11. The van der Waals surface area contributed by atoms with Crippen LogP contribution in [0, 0.1) is 11.8 Å². The molecule has 7 N–H and O–H groups in total. The van der Waals surface area contributed by atoms with Crippen molar-refractivity contribution in [3.8, 4) is 0 Å². The van der Waals surface area contributed by atoms with Crippen LogP contribution in [0.25, 0.3) is 0 Å². The number of carbonyl (C=O) groups excluding carboxylic acids is 1. The van der Waals surface area contributed by atoms with Gasteiger partial charge in [0.2, 0.25) is 5.91 Å². The van der Waals surface area contributed by atoms with E-state index in [0.29, 0.717) is 18.9 Å². The number of amides is 1. The van der Waals surface area contributed by atoms with Crippen molar-refractivity contribution < 1.29 is 54.8 Å². The third-order valence-electron chi connectivity index (χ3n) is 6.33. The summed E-state index contributed by atoms with van der Waals surface area (Å²) in [4.78, 5) is 13.9. The molecule has 1 amide bonds. The molecule has 12 nitrogen and oxygen atoms in total. The summed E-state index contributed by atoms with van der Waals surface area (Å²) < 4.78 is 16.6. The van der Waals surface area contributed by atoms with Gasteiger partial charge in [0.15, 0.2) is 12.5 Å². The lowest BCUT2D eigenvalue weighted by Crippen LogP contribution is -2.66. The van der Waals surface area contributed by atoms with Gasteiger partial charge in [0.05, 0.1) is 13.2 Å². The molecule has 0 aliphatic carbocycles. The van der Waals surface area contributed by atoms with E-state index < -0.39 is 74.6 Å². The van der Waals surface area contributed by atoms with Crippen molar-refractivity contribution in [2.45, 2.75) is 88.0 Å². The van der Waals surface area contributed by atoms with Crippen LogP contribution >= 0.6 is 0 Å². The van der Waals surface area contributed by atoms with Gasteiger partial charge in [-0.2, -0.15) is 0 Å². The smallest absolute Gasteiger partial charge is 0.225 e. The molecule has 11 atom stereocenters. The Bertz CT molecular complexity index is 633. The first-order chi connectivity index (χ1) is 15.1. The molecule has 0 aromatic heterocycles. The first-order valence-electron chi connectivity index (χ1n) is 11.0. The predicted molar refractivity (Wildman–Crippen MR) is 106 cm³/mol. The number of rotatable bonds is 7. The second-order valence-corrected chi connectivity index (χ2v) is 9.27. The Hall–Kier alpha value is -0.930. The Labute approximate surface area is 185 Å². The van der Waals surface area contributed by atoms with Gasteiger partial charge in [-0.25, -0.2) is 0 Å². The molecule has 3 rings (SSSR count). The van der Waals surface area contributed by atoms with Crippen molar-refractivity contribution in [3.05, 3.63) is 0 Å². The van der Waals surface area contributed by atoms with Crippen LogP contribution < -0.4 is 0 Å². The van der Waals surface area contributed by atoms with Crippen LogP contribution in [0.3, 0.4) is 0 Å². The molecule has 0 aromatic carbocycles. The molecular weight excluding hydrogens is 430 g/mol. The summed E-state index contributed by atoms with van der Waals surface area (Å²) >= 11 is 0. The van der Waals surface area contributed by atoms with E-state index in [1.165, 1.54) is 4.90 Å². The van der Waals surface area contributed by atoms with Crippen LogP contribution in [-0.2, 0) is 19.0 Å². The molecule has 0 radical (unpaired) electrons. The highest BCUT2D eigenvalue weighted by Crippen LogP contribution is 2.33. The number of aliphatic hydroxyl groups excluding tert-OH is 7. The quantitative estimate of drug-likeness (QED) is 0.198. The summed E-state index contributed by atoms with van der Waals surface area (Å²) in [5.41, 5.74) is 0. The molecule has 10 unspecified atom stereocenters. The van der Waals surface area contributed by atoms with E-state index >= 15 is 0 Å². The standard InChI is InChI=1S/C20H35NO11/c1-8(2)3-9-4-12(24)21(5-9)19-16(28)15(27)18(11(7-23)30-19)32-20-17(29)14(26)13(25)10(6-22)31-20/h8-11,13-20,22-23,25-29H,3-7H2,1-2H3/t9?,10?,11?,13?,14?,15?,16?,17?,18?,19?,20-/m0/s1. The Kier molecular flexibility index (Phi) is 8.47. The lowest BCUT2D eigenvalue weighted by atomic mass is 9.95. The van der Waals surface area contributed by atoms with Crippen LogP contribution in [0.15, 0.2) is 0 Å². The number of carbonyl (C=O) groups is 1. The Balaban J connectivity index is 1.71. The molecule has 0 saturated carbocycles. The number of hydrogen-bond acceptors (Lipinski definition) is 11. The van der Waals surface area contributed by atoms with Crippen molar-refractivity contribution in [3.63, 3.8) is 0 Å². The molecule has 186 valence electrons. The van der Waals surface area contributed by atoms with Gasteiger partial charge in [0.25, 0.3) is 0 Å². The van der Waals surface area contributed by atoms with Gasteiger partial charge in [-0.1, -0.05) is 13.8 Å². The highest BCUT2D eigenvalue weighted by atomic mass is 16.7. The SMILES string of the molecule is CC(C)CC1CC(=O)N(C2OC(CO)C(O[C@@H]3OC(CO)C(O)C(O)C3O)C(O)C2O)C1. The fraction of sp³-hybridized carbons (Fsp3) is 0.950. The van der Waals surface area contributed by atoms with Crippen molar-refractivity contribution in [2.24, 2.45) is 11.8 Å². The van der Waals surface area contributed by atoms with Crippen LogP contribution in [0.1, 0.15) is 26.7 Å². The van der Waals surface area contributed by atoms with Gasteiger partial charge < -0.3 is 54.9 Å². The van der Waals surface area contributed by atoms with E-state index in [1.807, 2.05) is 13.8 Å². The van der Waals surface area contributed by atoms with Gasteiger partial charge in [-0.15, -0.1) is 0 Å². The lowest BCUT2D eigenvalue weighted by Gasteiger charge is -2.47. The Morgan fingerprint density at radius 2 is 1.59 bits per heavy atom. The van der Waals surface area contributed by atoms with Gasteiger partial charge in [0.1, 0.15) is 48.8 Å². The molecule has 3 aliphatic rings. The summed E-state index contributed by atoms with van der Waals surface area (Å²) in [5, 5.41) is 70.5. The maximum Gasteiger partial charge on any atom is 0.225 e. The number of ether oxygens (including phenoxy) is 3. The van der Waals surface area contributed by atoms with Gasteiger partial charge in [-0.05, 0) is 18.3 Å². The van der Waals surface area contributed by atoms with Crippen molar-refractivity contribution in [2.75, 3.05) is 19.8 Å². The minimum Gasteiger partial charge on any atom is -0.394 e. The fourth-order valence-corrected chi connectivity index (χ4v) is 4.71. The average molecular weight is 465 g/mol. The van der Waals surface area contributed by atoms with E-state index in [-0.39, 0.29) is 11.8 Å². The fourth-order valence-electron chi connectivity index (χ4n) is 4.71. The minimum absolute atomic E-state index is 0.0890. The first kappa shape index (κ1) is 25.7. The maximum atomic E-state index is 12.5. The largest absolute Gasteiger partial charge is 0.394 e. The zero-order valence-corrected chi connectivity index (χ0v) is 18.2. The normalized spacial score (nSPS) is 45.6. The highest BCUT2D eigenvalue weighted by molar-refractivity contribution is 5.79. The van der Waals surface area contributed by atoms with Crippen molar-refractivity contribution >= 4 is 5.91 Å². The molecule has 3 aliphatic heterocycles. The molecule has 3 fully saturated rings. The molecule has 3 heterocycles. The highest BCUT2D eigenvalue weighted by Gasteiger charge is 2.52.